The molecule has 1 aromatic rings. The Morgan fingerprint density at radius 2 is 1.88 bits per heavy atom. The Morgan fingerprint density at radius 3 is 2.44 bits per heavy atom. The van der Waals surface area contributed by atoms with Crippen molar-refractivity contribution in [2.45, 2.75) is 43.1 Å². The average Bonchev–Trinajstić information content (AvgIpc) is 2.82. The first-order chi connectivity index (χ1) is 7.79. The van der Waals surface area contributed by atoms with Crippen molar-refractivity contribution in [2.75, 3.05) is 6.26 Å². The molecule has 0 bridgehead atoms. The maximum atomic E-state index is 10.1. The molecule has 88 valence electrons. The van der Waals surface area contributed by atoms with Crippen LogP contribution in [0.4, 0.5) is 0 Å². The van der Waals surface area contributed by atoms with E-state index in [1.54, 1.807) is 11.8 Å². The zero-order valence-corrected chi connectivity index (χ0v) is 10.7. The van der Waals surface area contributed by atoms with Gasteiger partial charge in [-0.25, -0.2) is 0 Å². The van der Waals surface area contributed by atoms with Gasteiger partial charge in [-0.1, -0.05) is 37.8 Å². The average molecular weight is 236 g/mol. The molecule has 0 aliphatic heterocycles. The van der Waals surface area contributed by atoms with Crippen molar-refractivity contribution in [1.82, 2.24) is 0 Å². The second-order valence-corrected chi connectivity index (χ2v) is 5.55. The minimum absolute atomic E-state index is 0.265. The lowest BCUT2D eigenvalue weighted by Gasteiger charge is -2.15. The van der Waals surface area contributed by atoms with Gasteiger partial charge in [0.1, 0.15) is 0 Å². The van der Waals surface area contributed by atoms with Crippen molar-refractivity contribution in [1.29, 1.82) is 0 Å². The van der Waals surface area contributed by atoms with Gasteiger partial charge >= 0.3 is 0 Å². The zero-order valence-electron chi connectivity index (χ0n) is 9.86. The first-order valence-corrected chi connectivity index (χ1v) is 7.34. The van der Waals surface area contributed by atoms with Gasteiger partial charge < -0.3 is 5.11 Å². The first kappa shape index (κ1) is 12.0. The summed E-state index contributed by atoms with van der Waals surface area (Å²) in [6.07, 6.45) is 8.06. The molecule has 1 aliphatic carbocycles. The zero-order chi connectivity index (χ0) is 11.4. The SMILES string of the molecule is CSc1ccc(C(O)CC2CCCC2)cc1. The summed E-state index contributed by atoms with van der Waals surface area (Å²) in [6, 6.07) is 8.31. The molecular weight excluding hydrogens is 216 g/mol. The Hall–Kier alpha value is -0.470. The van der Waals surface area contributed by atoms with E-state index in [1.807, 2.05) is 0 Å². The van der Waals surface area contributed by atoms with Gasteiger partial charge in [-0.2, -0.15) is 0 Å². The molecule has 0 spiro atoms. The molecule has 0 radical (unpaired) electrons. The van der Waals surface area contributed by atoms with Gasteiger partial charge in [-0.05, 0) is 36.3 Å². The molecule has 1 nitrogen and oxygen atoms in total. The van der Waals surface area contributed by atoms with Crippen LogP contribution in [0.1, 0.15) is 43.8 Å². The van der Waals surface area contributed by atoms with Crippen LogP contribution in [0.5, 0.6) is 0 Å². The molecule has 0 heterocycles. The van der Waals surface area contributed by atoms with Crippen LogP contribution < -0.4 is 0 Å². The van der Waals surface area contributed by atoms with E-state index < -0.39 is 0 Å². The third-order valence-electron chi connectivity index (χ3n) is 3.53. The Labute approximate surface area is 102 Å². The molecule has 2 heteroatoms. The first-order valence-electron chi connectivity index (χ1n) is 6.11. The van der Waals surface area contributed by atoms with Crippen LogP contribution in [-0.4, -0.2) is 11.4 Å². The highest BCUT2D eigenvalue weighted by Crippen LogP contribution is 2.33. The molecule has 1 unspecified atom stereocenters. The maximum Gasteiger partial charge on any atom is 0.0792 e. The van der Waals surface area contributed by atoms with Crippen LogP contribution in [0.2, 0.25) is 0 Å². The highest BCUT2D eigenvalue weighted by molar-refractivity contribution is 7.98. The Morgan fingerprint density at radius 1 is 1.25 bits per heavy atom. The van der Waals surface area contributed by atoms with Gasteiger partial charge in [-0.15, -0.1) is 11.8 Å². The van der Waals surface area contributed by atoms with Gasteiger partial charge in [0, 0.05) is 4.90 Å². The van der Waals surface area contributed by atoms with Crippen molar-refractivity contribution >= 4 is 11.8 Å². The molecule has 0 saturated heterocycles. The molecule has 1 fully saturated rings. The van der Waals surface area contributed by atoms with Gasteiger partial charge in [0.05, 0.1) is 6.10 Å². The smallest absolute Gasteiger partial charge is 0.0792 e. The molecule has 1 aromatic carbocycles. The largest absolute Gasteiger partial charge is 0.388 e. The summed E-state index contributed by atoms with van der Waals surface area (Å²) >= 11 is 1.74. The third kappa shape index (κ3) is 3.02. The van der Waals surface area contributed by atoms with Gasteiger partial charge in [0.25, 0.3) is 0 Å². The predicted molar refractivity (Wildman–Crippen MR) is 69.8 cm³/mol. The molecule has 1 atom stereocenters. The lowest BCUT2D eigenvalue weighted by Crippen LogP contribution is -2.04. The number of rotatable bonds is 4. The van der Waals surface area contributed by atoms with Gasteiger partial charge in [-0.3, -0.25) is 0 Å². The van der Waals surface area contributed by atoms with Crippen molar-refractivity contribution in [2.24, 2.45) is 5.92 Å². The van der Waals surface area contributed by atoms with Crippen LogP contribution in [-0.2, 0) is 0 Å². The highest BCUT2D eigenvalue weighted by Gasteiger charge is 2.19. The Bertz CT molecular complexity index is 314. The second-order valence-electron chi connectivity index (χ2n) is 4.68. The predicted octanol–water partition coefficient (Wildman–Crippen LogP) is 4.02. The lowest BCUT2D eigenvalue weighted by molar-refractivity contribution is 0.145. The molecule has 16 heavy (non-hydrogen) atoms. The summed E-state index contributed by atoms with van der Waals surface area (Å²) in [6.45, 7) is 0. The fourth-order valence-electron chi connectivity index (χ4n) is 2.52. The number of hydrogen-bond acceptors (Lipinski definition) is 2. The normalized spacial score (nSPS) is 18.9. The van der Waals surface area contributed by atoms with E-state index in [2.05, 4.69) is 30.5 Å². The molecule has 1 N–H and O–H groups in total. The monoisotopic (exact) mass is 236 g/mol. The van der Waals surface area contributed by atoms with Crippen LogP contribution in [0.25, 0.3) is 0 Å². The molecule has 0 amide bonds. The molecule has 1 aliphatic rings. The van der Waals surface area contributed by atoms with Gasteiger partial charge in [0.2, 0.25) is 0 Å². The third-order valence-corrected chi connectivity index (χ3v) is 4.28. The summed E-state index contributed by atoms with van der Waals surface area (Å²) in [7, 11) is 0. The number of aliphatic hydroxyl groups is 1. The number of aliphatic hydroxyl groups excluding tert-OH is 1. The van der Waals surface area contributed by atoms with E-state index in [0.717, 1.165) is 17.9 Å². The van der Waals surface area contributed by atoms with E-state index in [4.69, 9.17) is 0 Å². The van der Waals surface area contributed by atoms with Crippen LogP contribution in [0, 0.1) is 5.92 Å². The quantitative estimate of drug-likeness (QED) is 0.797. The van der Waals surface area contributed by atoms with E-state index in [9.17, 15) is 5.11 Å². The molecule has 1 saturated carbocycles. The summed E-state index contributed by atoms with van der Waals surface area (Å²) in [5.41, 5.74) is 1.07. The lowest BCUT2D eigenvalue weighted by atomic mass is 9.96. The molecule has 2 rings (SSSR count). The Kier molecular flexibility index (Phi) is 4.30. The summed E-state index contributed by atoms with van der Waals surface area (Å²) in [4.78, 5) is 1.26. The molecule has 0 aromatic heterocycles. The summed E-state index contributed by atoms with van der Waals surface area (Å²) < 4.78 is 0. The van der Waals surface area contributed by atoms with E-state index in [1.165, 1.54) is 30.6 Å². The molecular formula is C14H20OS. The standard InChI is InChI=1S/C14H20OS/c1-16-13-8-6-12(7-9-13)14(15)10-11-4-2-3-5-11/h6-9,11,14-15H,2-5,10H2,1H3. The fraction of sp³-hybridized carbons (Fsp3) is 0.571. The van der Waals surface area contributed by atoms with Crippen molar-refractivity contribution < 1.29 is 5.11 Å². The van der Waals surface area contributed by atoms with Crippen molar-refractivity contribution in [3.8, 4) is 0 Å². The van der Waals surface area contributed by atoms with E-state index >= 15 is 0 Å². The van der Waals surface area contributed by atoms with Crippen LogP contribution >= 0.6 is 11.8 Å². The number of thioether (sulfide) groups is 1. The fourth-order valence-corrected chi connectivity index (χ4v) is 2.93. The Balaban J connectivity index is 1.94. The van der Waals surface area contributed by atoms with Crippen LogP contribution in [0.15, 0.2) is 29.2 Å². The van der Waals surface area contributed by atoms with Crippen molar-refractivity contribution in [3.05, 3.63) is 29.8 Å². The summed E-state index contributed by atoms with van der Waals surface area (Å²) in [5, 5.41) is 10.1. The highest BCUT2D eigenvalue weighted by atomic mass is 32.2. The second kappa shape index (κ2) is 5.74. The summed E-state index contributed by atoms with van der Waals surface area (Å²) in [5.74, 6) is 0.746. The topological polar surface area (TPSA) is 20.2 Å². The maximum absolute atomic E-state index is 10.1. The number of benzene rings is 1. The van der Waals surface area contributed by atoms with E-state index in [0.29, 0.717) is 0 Å². The minimum atomic E-state index is -0.265. The van der Waals surface area contributed by atoms with E-state index in [-0.39, 0.29) is 6.10 Å². The van der Waals surface area contributed by atoms with Crippen LogP contribution in [0.3, 0.4) is 0 Å². The van der Waals surface area contributed by atoms with Crippen molar-refractivity contribution in [3.63, 3.8) is 0 Å². The minimum Gasteiger partial charge on any atom is -0.388 e. The number of hydrogen-bond donors (Lipinski definition) is 1. The van der Waals surface area contributed by atoms with Gasteiger partial charge in [0.15, 0.2) is 0 Å².